The molecular formula is C18H23Cl2N5OS. The van der Waals surface area contributed by atoms with Gasteiger partial charge in [0, 0.05) is 48.6 Å². The fourth-order valence-electron chi connectivity index (χ4n) is 3.75. The maximum atomic E-state index is 12.0. The molecule has 1 N–H and O–H groups in total. The number of aromatic nitrogens is 3. The molecule has 0 amide bonds. The third-order valence-electron chi connectivity index (χ3n) is 5.17. The first-order chi connectivity index (χ1) is 12.7. The molecule has 1 aromatic heterocycles. The van der Waals surface area contributed by atoms with E-state index < -0.39 is 0 Å². The standard InChI is InChI=1S/C18H22ClN5OS.ClH/c19-14-4-1-5-15(11-14)24-9-7-23(8-10-24)6-2-3-13-12-26-18-16(13)17(25)20-22-21-18;/h1,4-5,11,13H,2-3,6-10,12H2,(H,20,21,25);1H. The van der Waals surface area contributed by atoms with Crippen molar-refractivity contribution >= 4 is 41.5 Å². The first kappa shape index (κ1) is 20.5. The number of rotatable bonds is 5. The first-order valence-electron chi connectivity index (χ1n) is 9.01. The highest BCUT2D eigenvalue weighted by Crippen LogP contribution is 2.37. The molecule has 1 fully saturated rings. The Balaban J connectivity index is 0.00000210. The molecule has 27 heavy (non-hydrogen) atoms. The zero-order valence-electron chi connectivity index (χ0n) is 14.9. The Morgan fingerprint density at radius 1 is 1.26 bits per heavy atom. The molecule has 4 rings (SSSR count). The lowest BCUT2D eigenvalue weighted by Crippen LogP contribution is -2.46. The van der Waals surface area contributed by atoms with Crippen molar-refractivity contribution in [3.05, 3.63) is 45.2 Å². The molecule has 0 saturated carbocycles. The van der Waals surface area contributed by atoms with Crippen molar-refractivity contribution in [1.82, 2.24) is 20.3 Å². The first-order valence-corrected chi connectivity index (χ1v) is 10.4. The molecule has 146 valence electrons. The molecule has 0 spiro atoms. The van der Waals surface area contributed by atoms with Crippen molar-refractivity contribution in [3.63, 3.8) is 0 Å². The van der Waals surface area contributed by atoms with Crippen LogP contribution in [0.15, 0.2) is 34.1 Å². The van der Waals surface area contributed by atoms with Crippen LogP contribution in [0.25, 0.3) is 0 Å². The summed E-state index contributed by atoms with van der Waals surface area (Å²) in [6, 6.07) is 8.08. The number of anilines is 1. The Morgan fingerprint density at radius 2 is 2.07 bits per heavy atom. The summed E-state index contributed by atoms with van der Waals surface area (Å²) in [6.07, 6.45) is 2.13. The summed E-state index contributed by atoms with van der Waals surface area (Å²) in [4.78, 5) is 16.9. The topological polar surface area (TPSA) is 65.1 Å². The number of thioether (sulfide) groups is 1. The van der Waals surface area contributed by atoms with E-state index in [-0.39, 0.29) is 18.0 Å². The molecule has 2 aliphatic rings. The zero-order chi connectivity index (χ0) is 17.9. The smallest absolute Gasteiger partial charge is 0.271 e. The normalized spacial score (nSPS) is 19.6. The van der Waals surface area contributed by atoms with Crippen molar-refractivity contribution < 1.29 is 0 Å². The number of halogens is 2. The lowest BCUT2D eigenvalue weighted by atomic mass is 9.98. The SMILES string of the molecule is Cl.O=c1[nH]nnc2c1C(CCCN1CCN(c3cccc(Cl)c3)CC1)CS2. The van der Waals surface area contributed by atoms with Crippen LogP contribution < -0.4 is 10.5 Å². The van der Waals surface area contributed by atoms with Gasteiger partial charge in [-0.25, -0.2) is 5.10 Å². The lowest BCUT2D eigenvalue weighted by molar-refractivity contribution is 0.251. The van der Waals surface area contributed by atoms with Crippen LogP contribution in [0.2, 0.25) is 5.02 Å². The highest BCUT2D eigenvalue weighted by molar-refractivity contribution is 7.99. The van der Waals surface area contributed by atoms with E-state index in [9.17, 15) is 4.79 Å². The van der Waals surface area contributed by atoms with Crippen molar-refractivity contribution in [2.45, 2.75) is 23.8 Å². The predicted molar refractivity (Wildman–Crippen MR) is 113 cm³/mol. The Morgan fingerprint density at radius 3 is 2.85 bits per heavy atom. The summed E-state index contributed by atoms with van der Waals surface area (Å²) in [6.45, 7) is 5.26. The summed E-state index contributed by atoms with van der Waals surface area (Å²) in [7, 11) is 0. The van der Waals surface area contributed by atoms with Crippen LogP contribution in [-0.2, 0) is 0 Å². The Labute approximate surface area is 174 Å². The number of aromatic amines is 1. The maximum absolute atomic E-state index is 12.0. The second-order valence-electron chi connectivity index (χ2n) is 6.82. The molecule has 6 nitrogen and oxygen atoms in total. The van der Waals surface area contributed by atoms with Crippen LogP contribution >= 0.6 is 35.8 Å². The van der Waals surface area contributed by atoms with Crippen molar-refractivity contribution in [2.24, 2.45) is 0 Å². The van der Waals surface area contributed by atoms with E-state index in [1.807, 2.05) is 18.2 Å². The van der Waals surface area contributed by atoms with Crippen LogP contribution in [0.4, 0.5) is 5.69 Å². The summed E-state index contributed by atoms with van der Waals surface area (Å²) in [5.41, 5.74) is 1.98. The van der Waals surface area contributed by atoms with Crippen molar-refractivity contribution in [3.8, 4) is 0 Å². The van der Waals surface area contributed by atoms with Gasteiger partial charge in [-0.05, 0) is 37.6 Å². The fourth-order valence-corrected chi connectivity index (χ4v) is 5.14. The average molecular weight is 428 g/mol. The van der Waals surface area contributed by atoms with E-state index in [0.717, 1.165) is 66.9 Å². The van der Waals surface area contributed by atoms with Gasteiger partial charge in [-0.1, -0.05) is 22.9 Å². The molecule has 0 aliphatic carbocycles. The van der Waals surface area contributed by atoms with Crippen LogP contribution in [-0.4, -0.2) is 58.8 Å². The zero-order valence-corrected chi connectivity index (χ0v) is 17.3. The third kappa shape index (κ3) is 4.77. The van der Waals surface area contributed by atoms with Gasteiger partial charge >= 0.3 is 0 Å². The van der Waals surface area contributed by atoms with Gasteiger partial charge in [0.05, 0.1) is 5.56 Å². The van der Waals surface area contributed by atoms with Gasteiger partial charge in [0.1, 0.15) is 5.03 Å². The summed E-state index contributed by atoms with van der Waals surface area (Å²) >= 11 is 7.75. The highest BCUT2D eigenvalue weighted by Gasteiger charge is 2.28. The Kier molecular flexibility index (Phi) is 7.03. The second kappa shape index (κ2) is 9.28. The van der Waals surface area contributed by atoms with E-state index in [1.165, 1.54) is 5.69 Å². The minimum atomic E-state index is -0.0693. The van der Waals surface area contributed by atoms with Gasteiger partial charge in [-0.3, -0.25) is 9.69 Å². The molecule has 1 atom stereocenters. The number of piperazine rings is 1. The third-order valence-corrected chi connectivity index (χ3v) is 6.55. The van der Waals surface area contributed by atoms with Gasteiger partial charge in [-0.2, -0.15) is 0 Å². The Bertz CT molecular complexity index is 825. The highest BCUT2D eigenvalue weighted by atomic mass is 35.5. The number of nitrogens with zero attached hydrogens (tertiary/aromatic N) is 4. The maximum Gasteiger partial charge on any atom is 0.271 e. The van der Waals surface area contributed by atoms with E-state index in [1.54, 1.807) is 11.8 Å². The minimum absolute atomic E-state index is 0. The molecule has 1 saturated heterocycles. The van der Waals surface area contributed by atoms with Gasteiger partial charge in [-0.15, -0.1) is 29.3 Å². The number of hydrogen-bond donors (Lipinski definition) is 1. The van der Waals surface area contributed by atoms with Crippen LogP contribution in [0, 0.1) is 0 Å². The Hall–Kier alpha value is -1.28. The molecule has 9 heteroatoms. The van der Waals surface area contributed by atoms with Crippen LogP contribution in [0.5, 0.6) is 0 Å². The van der Waals surface area contributed by atoms with Crippen LogP contribution in [0.1, 0.15) is 24.3 Å². The molecule has 2 aromatic rings. The van der Waals surface area contributed by atoms with E-state index >= 15 is 0 Å². The van der Waals surface area contributed by atoms with Crippen LogP contribution in [0.3, 0.4) is 0 Å². The lowest BCUT2D eigenvalue weighted by Gasteiger charge is -2.36. The second-order valence-corrected chi connectivity index (χ2v) is 8.26. The van der Waals surface area contributed by atoms with Gasteiger partial charge in [0.25, 0.3) is 5.56 Å². The number of benzene rings is 1. The monoisotopic (exact) mass is 427 g/mol. The van der Waals surface area contributed by atoms with Crippen molar-refractivity contribution in [1.29, 1.82) is 0 Å². The fraction of sp³-hybridized carbons (Fsp3) is 0.500. The molecule has 0 radical (unpaired) electrons. The van der Waals surface area contributed by atoms with E-state index in [0.29, 0.717) is 5.92 Å². The molecule has 0 bridgehead atoms. The number of hydrogen-bond acceptors (Lipinski definition) is 6. The molecule has 1 unspecified atom stereocenters. The number of fused-ring (bicyclic) bond motifs is 1. The predicted octanol–water partition coefficient (Wildman–Crippen LogP) is 3.03. The summed E-state index contributed by atoms with van der Waals surface area (Å²) in [5, 5.41) is 11.8. The van der Waals surface area contributed by atoms with Gasteiger partial charge < -0.3 is 4.90 Å². The largest absolute Gasteiger partial charge is 0.369 e. The quantitative estimate of drug-likeness (QED) is 0.790. The molecule has 1 aromatic carbocycles. The minimum Gasteiger partial charge on any atom is -0.369 e. The average Bonchev–Trinajstić information content (AvgIpc) is 3.07. The van der Waals surface area contributed by atoms with E-state index in [4.69, 9.17) is 11.6 Å². The summed E-state index contributed by atoms with van der Waals surface area (Å²) in [5.74, 6) is 1.25. The van der Waals surface area contributed by atoms with Gasteiger partial charge in [0.15, 0.2) is 0 Å². The molecule has 3 heterocycles. The molecule has 2 aliphatic heterocycles. The number of nitrogens with one attached hydrogen (secondary N) is 1. The summed E-state index contributed by atoms with van der Waals surface area (Å²) < 4.78 is 0. The number of H-pyrrole nitrogens is 1. The van der Waals surface area contributed by atoms with E-state index in [2.05, 4.69) is 31.3 Å². The van der Waals surface area contributed by atoms with Crippen molar-refractivity contribution in [2.75, 3.05) is 43.4 Å². The van der Waals surface area contributed by atoms with Gasteiger partial charge in [0.2, 0.25) is 0 Å². The molecular weight excluding hydrogens is 405 g/mol.